The van der Waals surface area contributed by atoms with E-state index in [9.17, 15) is 9.59 Å². The highest BCUT2D eigenvalue weighted by Crippen LogP contribution is 2.33. The molecule has 0 bridgehead atoms. The van der Waals surface area contributed by atoms with E-state index in [1.54, 1.807) is 0 Å². The number of hydrogen-bond acceptors (Lipinski definition) is 6. The Morgan fingerprint density at radius 3 is 2.89 bits per heavy atom. The zero-order chi connectivity index (χ0) is 18.4. The third-order valence-electron chi connectivity index (χ3n) is 5.00. The van der Waals surface area contributed by atoms with Gasteiger partial charge in [0.25, 0.3) is 0 Å². The summed E-state index contributed by atoms with van der Waals surface area (Å²) in [6.45, 7) is 0.444. The van der Waals surface area contributed by atoms with Gasteiger partial charge in [-0.05, 0) is 30.7 Å². The molecule has 0 amide bonds. The van der Waals surface area contributed by atoms with Gasteiger partial charge in [-0.15, -0.1) is 4.57 Å². The summed E-state index contributed by atoms with van der Waals surface area (Å²) in [4.78, 5) is 27.3. The maximum atomic E-state index is 11.5. The molecule has 0 aliphatic heterocycles. The molecule has 2 heterocycles. The maximum Gasteiger partial charge on any atom is 0.442 e. The molecule has 7 heteroatoms. The van der Waals surface area contributed by atoms with Gasteiger partial charge in [-0.3, -0.25) is 0 Å². The van der Waals surface area contributed by atoms with E-state index in [2.05, 4.69) is 4.98 Å². The molecule has 0 fully saturated rings. The molecule has 7 nitrogen and oxygen atoms in total. The van der Waals surface area contributed by atoms with Crippen LogP contribution in [0.1, 0.15) is 30.1 Å². The van der Waals surface area contributed by atoms with Gasteiger partial charge in [-0.1, -0.05) is 36.4 Å². The number of aromatic nitrogens is 2. The van der Waals surface area contributed by atoms with Crippen LogP contribution in [0.5, 0.6) is 5.75 Å². The Balaban J connectivity index is 1.49. The minimum Gasteiger partial charge on any atom is -0.492 e. The van der Waals surface area contributed by atoms with E-state index in [4.69, 9.17) is 13.7 Å². The smallest absolute Gasteiger partial charge is 0.442 e. The number of rotatable bonds is 3. The summed E-state index contributed by atoms with van der Waals surface area (Å²) in [6, 6.07) is 14.0. The molecule has 0 saturated carbocycles. The second kappa shape index (κ2) is 6.12. The number of aryl methyl sites for hydroxylation is 1. The van der Waals surface area contributed by atoms with E-state index in [0.29, 0.717) is 13.0 Å². The molecule has 27 heavy (non-hydrogen) atoms. The fraction of sp³-hybridized carbons (Fsp3) is 0.250. The first-order chi connectivity index (χ1) is 13.2. The van der Waals surface area contributed by atoms with Crippen LogP contribution in [-0.2, 0) is 6.42 Å². The van der Waals surface area contributed by atoms with Gasteiger partial charge in [0.2, 0.25) is 0 Å². The fourth-order valence-electron chi connectivity index (χ4n) is 3.72. The first-order valence-corrected chi connectivity index (χ1v) is 8.87. The van der Waals surface area contributed by atoms with Crippen molar-refractivity contribution in [3.05, 3.63) is 74.7 Å². The predicted octanol–water partition coefficient (Wildman–Crippen LogP) is 2.89. The molecule has 1 aliphatic carbocycles. The minimum absolute atomic E-state index is 0.0154. The summed E-state index contributed by atoms with van der Waals surface area (Å²) < 4.78 is 17.4. The zero-order valence-electron chi connectivity index (χ0n) is 14.4. The number of imidazole rings is 1. The topological polar surface area (TPSA) is 87.0 Å². The third-order valence-corrected chi connectivity index (χ3v) is 5.00. The van der Waals surface area contributed by atoms with E-state index in [1.807, 2.05) is 42.5 Å². The van der Waals surface area contributed by atoms with Crippen molar-refractivity contribution in [3.63, 3.8) is 0 Å². The summed E-state index contributed by atoms with van der Waals surface area (Å²) in [5, 5.41) is 2.18. The second-order valence-electron chi connectivity index (χ2n) is 6.67. The lowest BCUT2D eigenvalue weighted by molar-refractivity contribution is 0.257. The van der Waals surface area contributed by atoms with Crippen molar-refractivity contribution in [1.29, 1.82) is 0 Å². The largest absolute Gasteiger partial charge is 0.492 e. The average Bonchev–Trinajstić information content (AvgIpc) is 3.04. The van der Waals surface area contributed by atoms with Crippen LogP contribution in [0.4, 0.5) is 0 Å². The van der Waals surface area contributed by atoms with Gasteiger partial charge in [-0.25, -0.2) is 9.59 Å². The molecule has 1 unspecified atom stereocenters. The third kappa shape index (κ3) is 2.63. The highest BCUT2D eigenvalue weighted by molar-refractivity contribution is 5.88. The molecule has 4 aromatic rings. The van der Waals surface area contributed by atoms with Crippen LogP contribution in [-0.4, -0.2) is 16.2 Å². The van der Waals surface area contributed by atoms with E-state index in [-0.39, 0.29) is 11.8 Å². The second-order valence-corrected chi connectivity index (χ2v) is 6.67. The van der Waals surface area contributed by atoms with Crippen molar-refractivity contribution in [1.82, 2.24) is 9.56 Å². The molecule has 1 aliphatic rings. The van der Waals surface area contributed by atoms with Crippen molar-refractivity contribution < 1.29 is 13.7 Å². The monoisotopic (exact) mass is 364 g/mol. The highest BCUT2D eigenvalue weighted by atomic mass is 16.6. The predicted molar refractivity (Wildman–Crippen MR) is 97.4 cm³/mol. The quantitative estimate of drug-likeness (QED) is 0.520. The molecule has 2 aromatic heterocycles. The fourth-order valence-corrected chi connectivity index (χ4v) is 3.72. The molecule has 5 rings (SSSR count). The summed E-state index contributed by atoms with van der Waals surface area (Å²) in [5.41, 5.74) is -0.548. The summed E-state index contributed by atoms with van der Waals surface area (Å²) in [7, 11) is 0. The van der Waals surface area contributed by atoms with Crippen molar-refractivity contribution in [2.24, 2.45) is 0 Å². The molecular formula is C20H16N2O5. The standard InChI is InChI=1S/C20H16N2O5/c23-18-19(24)27-22-15-9-3-7-13(17(15)21-20(22)26-18)11-25-16-10-4-6-12-5-1-2-8-14(12)16/h1-2,4-6,8,10,13H,3,7,9,11H2. The van der Waals surface area contributed by atoms with Crippen molar-refractivity contribution in [2.75, 3.05) is 6.61 Å². The van der Waals surface area contributed by atoms with Gasteiger partial charge in [0, 0.05) is 11.3 Å². The van der Waals surface area contributed by atoms with Gasteiger partial charge < -0.3 is 13.7 Å². The SMILES string of the molecule is O=c1oc2nc3c(n2oc1=O)CCCC3COc1cccc2ccccc12. The van der Waals surface area contributed by atoms with Gasteiger partial charge in [0.05, 0.1) is 18.0 Å². The molecule has 0 N–H and O–H groups in total. The molecule has 136 valence electrons. The van der Waals surface area contributed by atoms with E-state index in [0.717, 1.165) is 40.8 Å². The summed E-state index contributed by atoms with van der Waals surface area (Å²) in [5.74, 6) is 0.868. The lowest BCUT2D eigenvalue weighted by Crippen LogP contribution is -2.24. The average molecular weight is 364 g/mol. The van der Waals surface area contributed by atoms with Crippen LogP contribution in [0.2, 0.25) is 0 Å². The molecule has 0 spiro atoms. The maximum absolute atomic E-state index is 11.5. The van der Waals surface area contributed by atoms with Crippen molar-refractivity contribution in [3.8, 4) is 5.75 Å². The minimum atomic E-state index is -1.05. The highest BCUT2D eigenvalue weighted by Gasteiger charge is 2.28. The van der Waals surface area contributed by atoms with E-state index < -0.39 is 11.3 Å². The van der Waals surface area contributed by atoms with E-state index >= 15 is 0 Å². The summed E-state index contributed by atoms with van der Waals surface area (Å²) in [6.07, 6.45) is 2.52. The van der Waals surface area contributed by atoms with Gasteiger partial charge in [0.1, 0.15) is 5.75 Å². The first kappa shape index (κ1) is 15.9. The van der Waals surface area contributed by atoms with Crippen molar-refractivity contribution >= 4 is 16.6 Å². The lowest BCUT2D eigenvalue weighted by Gasteiger charge is -2.21. The van der Waals surface area contributed by atoms with Crippen LogP contribution >= 0.6 is 0 Å². The molecule has 1 atom stereocenters. The normalized spacial score (nSPS) is 16.5. The van der Waals surface area contributed by atoms with Crippen LogP contribution < -0.4 is 16.0 Å². The van der Waals surface area contributed by atoms with Crippen molar-refractivity contribution in [2.45, 2.75) is 25.2 Å². The van der Waals surface area contributed by atoms with Gasteiger partial charge >= 0.3 is 17.1 Å². The van der Waals surface area contributed by atoms with Crippen LogP contribution in [0.3, 0.4) is 0 Å². The van der Waals surface area contributed by atoms with E-state index in [1.165, 1.54) is 4.57 Å². The molecule has 2 aromatic carbocycles. The number of ether oxygens (including phenoxy) is 1. The molecular weight excluding hydrogens is 348 g/mol. The first-order valence-electron chi connectivity index (χ1n) is 8.87. The zero-order valence-corrected chi connectivity index (χ0v) is 14.4. The van der Waals surface area contributed by atoms with Crippen LogP contribution in [0.15, 0.2) is 61.0 Å². The molecule has 0 saturated heterocycles. The summed E-state index contributed by atoms with van der Waals surface area (Å²) >= 11 is 0. The lowest BCUT2D eigenvalue weighted by atomic mass is 9.90. The Morgan fingerprint density at radius 1 is 1.11 bits per heavy atom. The van der Waals surface area contributed by atoms with Crippen LogP contribution in [0.25, 0.3) is 16.6 Å². The number of benzene rings is 2. The van der Waals surface area contributed by atoms with Crippen LogP contribution in [0, 0.1) is 0 Å². The molecule has 0 radical (unpaired) electrons. The number of fused-ring (bicyclic) bond motifs is 4. The Hall–Kier alpha value is -3.35. The number of nitrogens with zero attached hydrogens (tertiary/aromatic N) is 2. The number of hydrogen-bond donors (Lipinski definition) is 0. The Kier molecular flexibility index (Phi) is 3.60. The Bertz CT molecular complexity index is 1260. The van der Waals surface area contributed by atoms with Gasteiger partial charge in [-0.2, -0.15) is 4.98 Å². The Morgan fingerprint density at radius 2 is 1.96 bits per heavy atom. The van der Waals surface area contributed by atoms with Gasteiger partial charge in [0.15, 0.2) is 0 Å². The Labute approximate surface area is 152 Å².